The van der Waals surface area contributed by atoms with Gasteiger partial charge in [0.25, 0.3) is 0 Å². The number of aromatic amines is 1. The van der Waals surface area contributed by atoms with Gasteiger partial charge in [-0.25, -0.2) is 13.8 Å². The second-order valence-electron chi connectivity index (χ2n) is 4.33. The van der Waals surface area contributed by atoms with E-state index >= 15 is 0 Å². The molecule has 96 valence electrons. The predicted molar refractivity (Wildman–Crippen MR) is 73.9 cm³/mol. The van der Waals surface area contributed by atoms with Crippen LogP contribution in [0.1, 0.15) is 5.56 Å². The Labute approximate surface area is 116 Å². The van der Waals surface area contributed by atoms with Crippen LogP contribution >= 0.6 is 15.9 Å². The fourth-order valence-electron chi connectivity index (χ4n) is 2.03. The average molecular weight is 323 g/mol. The highest BCUT2D eigenvalue weighted by Gasteiger charge is 2.11. The van der Waals surface area contributed by atoms with E-state index in [0.29, 0.717) is 16.9 Å². The van der Waals surface area contributed by atoms with Gasteiger partial charge in [0.1, 0.15) is 5.82 Å². The van der Waals surface area contributed by atoms with E-state index < -0.39 is 11.6 Å². The van der Waals surface area contributed by atoms with Crippen LogP contribution in [0.3, 0.4) is 0 Å². The van der Waals surface area contributed by atoms with Gasteiger partial charge in [-0.1, -0.05) is 15.9 Å². The highest BCUT2D eigenvalue weighted by molar-refractivity contribution is 9.10. The number of aromatic nitrogens is 2. The Hall–Kier alpha value is -1.75. The fourth-order valence-corrected chi connectivity index (χ4v) is 2.50. The molecule has 1 heterocycles. The Kier molecular flexibility index (Phi) is 2.86. The topological polar surface area (TPSA) is 28.7 Å². The van der Waals surface area contributed by atoms with Crippen molar-refractivity contribution in [2.75, 3.05) is 0 Å². The second kappa shape index (κ2) is 4.42. The molecule has 2 aromatic carbocycles. The van der Waals surface area contributed by atoms with E-state index in [4.69, 9.17) is 0 Å². The molecule has 0 aliphatic rings. The number of fused-ring (bicyclic) bond motifs is 1. The molecule has 0 radical (unpaired) electrons. The summed E-state index contributed by atoms with van der Waals surface area (Å²) in [5.74, 6) is -1.17. The maximum Gasteiger partial charge on any atom is 0.161 e. The van der Waals surface area contributed by atoms with Crippen molar-refractivity contribution in [3.63, 3.8) is 0 Å². The van der Waals surface area contributed by atoms with E-state index in [-0.39, 0.29) is 0 Å². The molecule has 0 aliphatic carbocycles. The first kappa shape index (κ1) is 12.3. The van der Waals surface area contributed by atoms with Crippen molar-refractivity contribution in [1.29, 1.82) is 0 Å². The zero-order valence-corrected chi connectivity index (χ0v) is 11.6. The van der Waals surface area contributed by atoms with Crippen molar-refractivity contribution in [3.8, 4) is 11.4 Å². The fraction of sp³-hybridized carbons (Fsp3) is 0.0714. The highest BCUT2D eigenvalue weighted by atomic mass is 79.9. The smallest absolute Gasteiger partial charge is 0.161 e. The van der Waals surface area contributed by atoms with E-state index in [2.05, 4.69) is 25.9 Å². The maximum absolute atomic E-state index is 13.2. The number of halogens is 3. The lowest BCUT2D eigenvalue weighted by Gasteiger charge is -2.02. The number of hydrogen-bond donors (Lipinski definition) is 1. The van der Waals surface area contributed by atoms with Gasteiger partial charge in [0.2, 0.25) is 0 Å². The molecule has 0 spiro atoms. The normalized spacial score (nSPS) is 11.2. The first-order valence-electron chi connectivity index (χ1n) is 5.66. The maximum atomic E-state index is 13.2. The minimum Gasteiger partial charge on any atom is -0.338 e. The Morgan fingerprint density at radius 1 is 1.11 bits per heavy atom. The molecule has 3 rings (SSSR count). The molecule has 0 aliphatic heterocycles. The van der Waals surface area contributed by atoms with Crippen LogP contribution < -0.4 is 0 Å². The summed E-state index contributed by atoms with van der Waals surface area (Å²) >= 11 is 3.39. The minimum atomic E-state index is -0.891. The van der Waals surface area contributed by atoms with Crippen LogP contribution in [-0.4, -0.2) is 9.97 Å². The summed E-state index contributed by atoms with van der Waals surface area (Å²) in [6.45, 7) is 1.95. The number of aryl methyl sites for hydroxylation is 1. The molecule has 3 aromatic rings. The molecule has 0 saturated carbocycles. The first-order valence-corrected chi connectivity index (χ1v) is 6.45. The number of nitrogens with one attached hydrogen (secondary N) is 1. The van der Waals surface area contributed by atoms with Gasteiger partial charge in [-0.05, 0) is 30.7 Å². The zero-order chi connectivity index (χ0) is 13.6. The first-order chi connectivity index (χ1) is 9.04. The predicted octanol–water partition coefficient (Wildman–Crippen LogP) is 4.58. The largest absolute Gasteiger partial charge is 0.338 e. The van der Waals surface area contributed by atoms with Crippen molar-refractivity contribution >= 4 is 27.0 Å². The Morgan fingerprint density at radius 3 is 2.58 bits per heavy atom. The highest BCUT2D eigenvalue weighted by Crippen LogP contribution is 2.26. The summed E-state index contributed by atoms with van der Waals surface area (Å²) in [6.07, 6.45) is 0. The van der Waals surface area contributed by atoms with E-state index in [1.54, 1.807) is 0 Å². The van der Waals surface area contributed by atoms with Crippen molar-refractivity contribution in [2.45, 2.75) is 6.92 Å². The van der Waals surface area contributed by atoms with E-state index in [0.717, 1.165) is 27.7 Å². The Balaban J connectivity index is 2.20. The number of imidazole rings is 1. The van der Waals surface area contributed by atoms with Crippen molar-refractivity contribution in [2.24, 2.45) is 0 Å². The van der Waals surface area contributed by atoms with Gasteiger partial charge in [0, 0.05) is 22.2 Å². The molecule has 0 atom stereocenters. The summed E-state index contributed by atoms with van der Waals surface area (Å²) < 4.78 is 27.3. The van der Waals surface area contributed by atoms with Crippen LogP contribution in [0.2, 0.25) is 0 Å². The summed E-state index contributed by atoms with van der Waals surface area (Å²) in [7, 11) is 0. The van der Waals surface area contributed by atoms with Crippen LogP contribution in [0.5, 0.6) is 0 Å². The summed E-state index contributed by atoms with van der Waals surface area (Å²) in [5.41, 5.74) is 2.82. The van der Waals surface area contributed by atoms with Gasteiger partial charge in [0.15, 0.2) is 11.6 Å². The molecule has 0 saturated heterocycles. The zero-order valence-electron chi connectivity index (χ0n) is 9.97. The summed E-state index contributed by atoms with van der Waals surface area (Å²) in [5, 5.41) is 0. The molecular formula is C14H9BrF2N2. The third kappa shape index (κ3) is 2.14. The third-order valence-electron chi connectivity index (χ3n) is 2.97. The second-order valence-corrected chi connectivity index (χ2v) is 5.24. The molecule has 2 nitrogen and oxygen atoms in total. The standard InChI is InChI=1S/C14H9BrF2N2/c1-7-4-8(15)2-3-9(7)14-18-12-5-10(16)11(17)6-13(12)19-14/h2-6H,1H3,(H,18,19). The number of rotatable bonds is 1. The average Bonchev–Trinajstić information content (AvgIpc) is 2.72. The van der Waals surface area contributed by atoms with Crippen LogP contribution in [0.4, 0.5) is 8.78 Å². The van der Waals surface area contributed by atoms with Gasteiger partial charge in [-0.15, -0.1) is 0 Å². The van der Waals surface area contributed by atoms with Crippen molar-refractivity contribution in [3.05, 3.63) is 52.0 Å². The van der Waals surface area contributed by atoms with Gasteiger partial charge < -0.3 is 4.98 Å². The Bertz CT molecular complexity index is 741. The summed E-state index contributed by atoms with van der Waals surface area (Å²) in [6, 6.07) is 7.98. The molecular weight excluding hydrogens is 314 g/mol. The van der Waals surface area contributed by atoms with E-state index in [9.17, 15) is 8.78 Å². The molecule has 19 heavy (non-hydrogen) atoms. The quantitative estimate of drug-likeness (QED) is 0.698. The lowest BCUT2D eigenvalue weighted by atomic mass is 10.1. The number of H-pyrrole nitrogens is 1. The van der Waals surface area contributed by atoms with Crippen LogP contribution in [0, 0.1) is 18.6 Å². The number of benzene rings is 2. The summed E-state index contributed by atoms with van der Waals surface area (Å²) in [4.78, 5) is 7.30. The van der Waals surface area contributed by atoms with Crippen LogP contribution in [0.25, 0.3) is 22.4 Å². The molecule has 1 aromatic heterocycles. The number of hydrogen-bond acceptors (Lipinski definition) is 1. The van der Waals surface area contributed by atoms with Gasteiger partial charge >= 0.3 is 0 Å². The van der Waals surface area contributed by atoms with Crippen LogP contribution in [-0.2, 0) is 0 Å². The van der Waals surface area contributed by atoms with E-state index in [1.165, 1.54) is 0 Å². The van der Waals surface area contributed by atoms with Crippen LogP contribution in [0.15, 0.2) is 34.8 Å². The van der Waals surface area contributed by atoms with Gasteiger partial charge in [-0.2, -0.15) is 0 Å². The lowest BCUT2D eigenvalue weighted by Crippen LogP contribution is -1.85. The molecule has 0 amide bonds. The van der Waals surface area contributed by atoms with Gasteiger partial charge in [0.05, 0.1) is 11.0 Å². The Morgan fingerprint density at radius 2 is 1.84 bits per heavy atom. The van der Waals surface area contributed by atoms with Gasteiger partial charge in [-0.3, -0.25) is 0 Å². The molecule has 0 fully saturated rings. The van der Waals surface area contributed by atoms with Crippen molar-refractivity contribution < 1.29 is 8.78 Å². The lowest BCUT2D eigenvalue weighted by molar-refractivity contribution is 0.510. The van der Waals surface area contributed by atoms with E-state index in [1.807, 2.05) is 25.1 Å². The number of nitrogens with zero attached hydrogens (tertiary/aromatic N) is 1. The molecule has 0 bridgehead atoms. The molecule has 0 unspecified atom stereocenters. The minimum absolute atomic E-state index is 0.413. The molecule has 5 heteroatoms. The monoisotopic (exact) mass is 322 g/mol. The SMILES string of the molecule is Cc1cc(Br)ccc1-c1nc2cc(F)c(F)cc2[nH]1. The molecule has 1 N–H and O–H groups in total. The third-order valence-corrected chi connectivity index (χ3v) is 3.46. The van der Waals surface area contributed by atoms with Crippen molar-refractivity contribution in [1.82, 2.24) is 9.97 Å².